The summed E-state index contributed by atoms with van der Waals surface area (Å²) in [6, 6.07) is 1.70. The standard InChI is InChI=1S/C13H22N4O/c1-9-3-5-13(18,6-4-9)8-15-12-7-11(14)16-10(2)17-12/h7,9,18H,3-6,8H2,1-2H3,(H3,14,15,16,17). The maximum atomic E-state index is 10.5. The van der Waals surface area contributed by atoms with Gasteiger partial charge in [-0.1, -0.05) is 6.92 Å². The molecule has 1 aromatic rings. The van der Waals surface area contributed by atoms with E-state index < -0.39 is 5.60 Å². The molecule has 0 unspecified atom stereocenters. The number of anilines is 2. The van der Waals surface area contributed by atoms with Crippen LogP contribution in [0.15, 0.2) is 6.07 Å². The molecule has 0 aliphatic heterocycles. The van der Waals surface area contributed by atoms with E-state index >= 15 is 0 Å². The fourth-order valence-electron chi connectivity index (χ4n) is 2.41. The molecule has 0 aromatic carbocycles. The second-order valence-corrected chi connectivity index (χ2v) is 5.49. The monoisotopic (exact) mass is 250 g/mol. The van der Waals surface area contributed by atoms with Gasteiger partial charge in [0.05, 0.1) is 5.60 Å². The Kier molecular flexibility index (Phi) is 3.71. The second-order valence-electron chi connectivity index (χ2n) is 5.49. The van der Waals surface area contributed by atoms with Crippen LogP contribution in [0, 0.1) is 12.8 Å². The highest BCUT2D eigenvalue weighted by Crippen LogP contribution is 2.31. The van der Waals surface area contributed by atoms with Crippen molar-refractivity contribution in [1.29, 1.82) is 0 Å². The molecule has 4 N–H and O–H groups in total. The van der Waals surface area contributed by atoms with E-state index in [1.54, 1.807) is 13.0 Å². The Morgan fingerprint density at radius 2 is 2.11 bits per heavy atom. The fraction of sp³-hybridized carbons (Fsp3) is 0.692. The molecule has 1 aromatic heterocycles. The first-order valence-electron chi connectivity index (χ1n) is 6.54. The number of aryl methyl sites for hydroxylation is 1. The first kappa shape index (κ1) is 13.1. The fourth-order valence-corrected chi connectivity index (χ4v) is 2.41. The molecule has 1 fully saturated rings. The van der Waals surface area contributed by atoms with Crippen LogP contribution in [0.5, 0.6) is 0 Å². The van der Waals surface area contributed by atoms with Gasteiger partial charge in [0.25, 0.3) is 0 Å². The van der Waals surface area contributed by atoms with Crippen molar-refractivity contribution in [2.45, 2.75) is 45.1 Å². The third-order valence-electron chi connectivity index (χ3n) is 3.66. The predicted molar refractivity (Wildman–Crippen MR) is 72.3 cm³/mol. The van der Waals surface area contributed by atoms with Crippen molar-refractivity contribution in [1.82, 2.24) is 9.97 Å². The van der Waals surface area contributed by atoms with Crippen LogP contribution in [0.3, 0.4) is 0 Å². The minimum Gasteiger partial charge on any atom is -0.388 e. The van der Waals surface area contributed by atoms with Gasteiger partial charge in [0.1, 0.15) is 17.5 Å². The summed E-state index contributed by atoms with van der Waals surface area (Å²) < 4.78 is 0. The number of nitrogen functional groups attached to an aromatic ring is 1. The second kappa shape index (κ2) is 5.10. The van der Waals surface area contributed by atoms with Gasteiger partial charge in [0, 0.05) is 12.6 Å². The Bertz CT molecular complexity index is 393. The summed E-state index contributed by atoms with van der Waals surface area (Å²) in [5.74, 6) is 2.50. The molecule has 0 radical (unpaired) electrons. The molecule has 1 heterocycles. The van der Waals surface area contributed by atoms with Crippen molar-refractivity contribution >= 4 is 11.6 Å². The summed E-state index contributed by atoms with van der Waals surface area (Å²) in [4.78, 5) is 8.27. The van der Waals surface area contributed by atoms with E-state index in [2.05, 4.69) is 22.2 Å². The van der Waals surface area contributed by atoms with Crippen LogP contribution < -0.4 is 11.1 Å². The molecule has 5 heteroatoms. The van der Waals surface area contributed by atoms with Gasteiger partial charge in [0.2, 0.25) is 0 Å². The van der Waals surface area contributed by atoms with Gasteiger partial charge in [-0.25, -0.2) is 9.97 Å². The maximum Gasteiger partial charge on any atom is 0.131 e. The van der Waals surface area contributed by atoms with E-state index in [4.69, 9.17) is 5.73 Å². The molecule has 1 saturated carbocycles. The van der Waals surface area contributed by atoms with Gasteiger partial charge in [0.15, 0.2) is 0 Å². The number of hydrogen-bond donors (Lipinski definition) is 3. The zero-order valence-corrected chi connectivity index (χ0v) is 11.1. The van der Waals surface area contributed by atoms with Gasteiger partial charge < -0.3 is 16.2 Å². The topological polar surface area (TPSA) is 84.1 Å². The van der Waals surface area contributed by atoms with Gasteiger partial charge in [-0.15, -0.1) is 0 Å². The first-order chi connectivity index (χ1) is 8.47. The van der Waals surface area contributed by atoms with E-state index in [9.17, 15) is 5.11 Å². The van der Waals surface area contributed by atoms with E-state index in [1.807, 2.05) is 0 Å². The molecule has 1 aliphatic rings. The zero-order valence-electron chi connectivity index (χ0n) is 11.1. The van der Waals surface area contributed by atoms with Crippen molar-refractivity contribution in [3.05, 3.63) is 11.9 Å². The Balaban J connectivity index is 1.94. The van der Waals surface area contributed by atoms with Crippen LogP contribution in [0.1, 0.15) is 38.4 Å². The lowest BCUT2D eigenvalue weighted by atomic mass is 9.79. The lowest BCUT2D eigenvalue weighted by Crippen LogP contribution is -2.40. The molecule has 0 spiro atoms. The van der Waals surface area contributed by atoms with Gasteiger partial charge in [-0.3, -0.25) is 0 Å². The maximum absolute atomic E-state index is 10.5. The minimum atomic E-state index is -0.611. The van der Waals surface area contributed by atoms with Crippen molar-refractivity contribution in [2.75, 3.05) is 17.6 Å². The summed E-state index contributed by atoms with van der Waals surface area (Å²) in [5, 5.41) is 13.6. The number of aromatic nitrogens is 2. The van der Waals surface area contributed by atoms with Crippen LogP contribution >= 0.6 is 0 Å². The molecule has 18 heavy (non-hydrogen) atoms. The summed E-state index contributed by atoms with van der Waals surface area (Å²) in [6.07, 6.45) is 3.87. The Hall–Kier alpha value is -1.36. The molecule has 0 saturated heterocycles. The van der Waals surface area contributed by atoms with E-state index in [0.717, 1.165) is 31.6 Å². The summed E-state index contributed by atoms with van der Waals surface area (Å²) >= 11 is 0. The SMILES string of the molecule is Cc1nc(N)cc(NCC2(O)CCC(C)CC2)n1. The lowest BCUT2D eigenvalue weighted by molar-refractivity contribution is 0.00494. The van der Waals surface area contributed by atoms with Gasteiger partial charge in [-0.2, -0.15) is 0 Å². The van der Waals surface area contributed by atoms with Crippen molar-refractivity contribution in [3.63, 3.8) is 0 Å². The van der Waals surface area contributed by atoms with Crippen LogP contribution in [0.2, 0.25) is 0 Å². The first-order valence-corrected chi connectivity index (χ1v) is 6.54. The normalized spacial score (nSPS) is 28.1. The molecule has 5 nitrogen and oxygen atoms in total. The quantitative estimate of drug-likeness (QED) is 0.760. The van der Waals surface area contributed by atoms with Gasteiger partial charge >= 0.3 is 0 Å². The number of nitrogens with one attached hydrogen (secondary N) is 1. The number of rotatable bonds is 3. The molecular weight excluding hydrogens is 228 g/mol. The zero-order chi connectivity index (χ0) is 13.2. The highest BCUT2D eigenvalue weighted by Gasteiger charge is 2.31. The third kappa shape index (κ3) is 3.32. The molecule has 100 valence electrons. The van der Waals surface area contributed by atoms with Crippen LogP contribution in [-0.4, -0.2) is 27.2 Å². The lowest BCUT2D eigenvalue weighted by Gasteiger charge is -2.35. The van der Waals surface area contributed by atoms with Crippen LogP contribution in [0.4, 0.5) is 11.6 Å². The predicted octanol–water partition coefficient (Wildman–Crippen LogP) is 1.72. The van der Waals surface area contributed by atoms with E-state index in [1.165, 1.54) is 0 Å². The summed E-state index contributed by atoms with van der Waals surface area (Å²) in [6.45, 7) is 4.57. The molecule has 2 rings (SSSR count). The highest BCUT2D eigenvalue weighted by molar-refractivity contribution is 5.44. The third-order valence-corrected chi connectivity index (χ3v) is 3.66. The van der Waals surface area contributed by atoms with Crippen molar-refractivity contribution in [2.24, 2.45) is 5.92 Å². The average Bonchev–Trinajstić information content (AvgIpc) is 2.30. The van der Waals surface area contributed by atoms with Crippen LogP contribution in [0.25, 0.3) is 0 Å². The summed E-state index contributed by atoms with van der Waals surface area (Å²) in [5.41, 5.74) is 5.05. The Morgan fingerprint density at radius 1 is 1.44 bits per heavy atom. The Morgan fingerprint density at radius 3 is 2.72 bits per heavy atom. The number of nitrogens with zero attached hydrogens (tertiary/aromatic N) is 2. The minimum absolute atomic E-state index is 0.453. The number of hydrogen-bond acceptors (Lipinski definition) is 5. The van der Waals surface area contributed by atoms with Crippen molar-refractivity contribution in [3.8, 4) is 0 Å². The Labute approximate surface area is 108 Å². The summed E-state index contributed by atoms with van der Waals surface area (Å²) in [7, 11) is 0. The molecule has 1 aliphatic carbocycles. The number of nitrogens with two attached hydrogens (primary N) is 1. The molecule has 0 atom stereocenters. The largest absolute Gasteiger partial charge is 0.388 e. The number of aliphatic hydroxyl groups is 1. The smallest absolute Gasteiger partial charge is 0.131 e. The molecule has 0 amide bonds. The van der Waals surface area contributed by atoms with E-state index in [-0.39, 0.29) is 0 Å². The molecule has 0 bridgehead atoms. The van der Waals surface area contributed by atoms with E-state index in [0.29, 0.717) is 24.0 Å². The van der Waals surface area contributed by atoms with Crippen molar-refractivity contribution < 1.29 is 5.11 Å². The highest BCUT2D eigenvalue weighted by atomic mass is 16.3. The van der Waals surface area contributed by atoms with Gasteiger partial charge in [-0.05, 0) is 38.5 Å². The molecular formula is C13H22N4O. The van der Waals surface area contributed by atoms with Crippen LogP contribution in [-0.2, 0) is 0 Å². The average molecular weight is 250 g/mol.